The van der Waals surface area contributed by atoms with Crippen molar-refractivity contribution >= 4 is 21.6 Å². The zero-order valence-corrected chi connectivity index (χ0v) is 11.6. The van der Waals surface area contributed by atoms with Gasteiger partial charge in [0.1, 0.15) is 0 Å². The summed E-state index contributed by atoms with van der Waals surface area (Å²) in [6.45, 7) is 8.19. The molecule has 2 unspecified atom stereocenters. The second kappa shape index (κ2) is 6.71. The molecular weight excluding hydrogens is 234 g/mol. The molecule has 0 amide bonds. The van der Waals surface area contributed by atoms with E-state index in [0.717, 1.165) is 6.42 Å². The maximum absolute atomic E-state index is 12.0. The monoisotopic (exact) mass is 255 g/mol. The van der Waals surface area contributed by atoms with Gasteiger partial charge >= 0.3 is 0 Å². The Kier molecular flexibility index (Phi) is 6.80. The van der Waals surface area contributed by atoms with E-state index in [4.69, 9.17) is 11.6 Å². The Morgan fingerprint density at radius 1 is 1.27 bits per heavy atom. The molecule has 0 saturated heterocycles. The van der Waals surface area contributed by atoms with Crippen molar-refractivity contribution in [2.45, 2.75) is 40.2 Å². The van der Waals surface area contributed by atoms with Crippen LogP contribution in [0.1, 0.15) is 34.1 Å². The van der Waals surface area contributed by atoms with Crippen LogP contribution in [0.15, 0.2) is 0 Å². The Hall–Kier alpha value is 0.200. The van der Waals surface area contributed by atoms with Crippen LogP contribution in [0.5, 0.6) is 0 Å². The summed E-state index contributed by atoms with van der Waals surface area (Å²) in [5, 5.41) is 0. The average molecular weight is 256 g/mol. The second-order valence-electron chi connectivity index (χ2n) is 4.00. The van der Waals surface area contributed by atoms with Gasteiger partial charge in [-0.2, -0.15) is 4.31 Å². The lowest BCUT2D eigenvalue weighted by atomic mass is 10.3. The molecule has 0 fully saturated rings. The Labute approximate surface area is 98.8 Å². The van der Waals surface area contributed by atoms with Crippen LogP contribution >= 0.6 is 11.6 Å². The van der Waals surface area contributed by atoms with Crippen molar-refractivity contribution < 1.29 is 8.42 Å². The molecule has 3 nitrogen and oxygen atoms in total. The van der Waals surface area contributed by atoms with Crippen molar-refractivity contribution in [2.24, 2.45) is 5.92 Å². The SMILES string of the molecule is CCC(C)N(CC)S(=O)(=O)CC(C)CCl. The lowest BCUT2D eigenvalue weighted by Crippen LogP contribution is -2.40. The minimum Gasteiger partial charge on any atom is -0.212 e. The van der Waals surface area contributed by atoms with Gasteiger partial charge in [0.15, 0.2) is 0 Å². The van der Waals surface area contributed by atoms with E-state index in [2.05, 4.69) is 0 Å². The van der Waals surface area contributed by atoms with E-state index < -0.39 is 10.0 Å². The number of rotatable bonds is 7. The average Bonchev–Trinajstić information content (AvgIpc) is 2.17. The van der Waals surface area contributed by atoms with E-state index in [0.29, 0.717) is 12.4 Å². The molecule has 5 heteroatoms. The second-order valence-corrected chi connectivity index (χ2v) is 6.27. The van der Waals surface area contributed by atoms with Crippen LogP contribution in [-0.4, -0.2) is 36.9 Å². The maximum atomic E-state index is 12.0. The van der Waals surface area contributed by atoms with Crippen LogP contribution in [0.4, 0.5) is 0 Å². The van der Waals surface area contributed by atoms with E-state index in [1.54, 1.807) is 4.31 Å². The summed E-state index contributed by atoms with van der Waals surface area (Å²) in [4.78, 5) is 0. The fourth-order valence-corrected chi connectivity index (χ4v) is 3.84. The first kappa shape index (κ1) is 15.2. The standard InChI is InChI=1S/C10H22ClNO2S/c1-5-10(4)12(6-2)15(13,14)8-9(3)7-11/h9-10H,5-8H2,1-4H3. The molecule has 0 N–H and O–H groups in total. The van der Waals surface area contributed by atoms with Crippen molar-refractivity contribution in [3.8, 4) is 0 Å². The largest absolute Gasteiger partial charge is 0.214 e. The molecule has 0 aromatic heterocycles. The maximum Gasteiger partial charge on any atom is 0.214 e. The van der Waals surface area contributed by atoms with E-state index in [-0.39, 0.29) is 17.7 Å². The minimum absolute atomic E-state index is 0.00905. The van der Waals surface area contributed by atoms with Gasteiger partial charge in [-0.25, -0.2) is 8.42 Å². The third-order valence-electron chi connectivity index (χ3n) is 2.51. The summed E-state index contributed by atoms with van der Waals surface area (Å²) < 4.78 is 25.6. The van der Waals surface area contributed by atoms with Gasteiger partial charge in [0.05, 0.1) is 5.75 Å². The molecule has 0 aliphatic heterocycles. The fraction of sp³-hybridized carbons (Fsp3) is 1.00. The number of nitrogens with zero attached hydrogens (tertiary/aromatic N) is 1. The number of hydrogen-bond donors (Lipinski definition) is 0. The highest BCUT2D eigenvalue weighted by atomic mass is 35.5. The van der Waals surface area contributed by atoms with Crippen molar-refractivity contribution in [3.63, 3.8) is 0 Å². The van der Waals surface area contributed by atoms with Crippen LogP contribution in [-0.2, 0) is 10.0 Å². The van der Waals surface area contributed by atoms with Gasteiger partial charge in [0.2, 0.25) is 10.0 Å². The molecular formula is C10H22ClNO2S. The van der Waals surface area contributed by atoms with Crippen molar-refractivity contribution in [1.29, 1.82) is 0 Å². The van der Waals surface area contributed by atoms with Gasteiger partial charge in [0.25, 0.3) is 0 Å². The molecule has 2 atom stereocenters. The normalized spacial score (nSPS) is 16.7. The summed E-state index contributed by atoms with van der Waals surface area (Å²) in [5.41, 5.74) is 0. The van der Waals surface area contributed by atoms with Gasteiger partial charge in [-0.1, -0.05) is 20.8 Å². The molecule has 0 radical (unpaired) electrons. The summed E-state index contributed by atoms with van der Waals surface area (Å²) in [6.07, 6.45) is 0.836. The molecule has 15 heavy (non-hydrogen) atoms. The van der Waals surface area contributed by atoms with Crippen molar-refractivity contribution in [1.82, 2.24) is 4.31 Å². The molecule has 0 saturated carbocycles. The van der Waals surface area contributed by atoms with E-state index in [1.807, 2.05) is 27.7 Å². The predicted octanol–water partition coefficient (Wildman–Crippen LogP) is 2.31. The van der Waals surface area contributed by atoms with Crippen molar-refractivity contribution in [3.05, 3.63) is 0 Å². The number of halogens is 1. The summed E-state index contributed by atoms with van der Waals surface area (Å²) in [7, 11) is -3.15. The van der Waals surface area contributed by atoms with Crippen LogP contribution in [0.3, 0.4) is 0 Å². The van der Waals surface area contributed by atoms with Gasteiger partial charge in [-0.15, -0.1) is 11.6 Å². The Bertz CT molecular complexity index is 267. The van der Waals surface area contributed by atoms with E-state index in [1.165, 1.54) is 0 Å². The summed E-state index contributed by atoms with van der Waals surface area (Å²) in [5.74, 6) is 0.543. The van der Waals surface area contributed by atoms with Crippen LogP contribution in [0.25, 0.3) is 0 Å². The van der Waals surface area contributed by atoms with E-state index in [9.17, 15) is 8.42 Å². The van der Waals surface area contributed by atoms with Gasteiger partial charge in [-0.05, 0) is 19.3 Å². The third kappa shape index (κ3) is 4.70. The zero-order valence-electron chi connectivity index (χ0n) is 10.0. The van der Waals surface area contributed by atoms with Crippen LogP contribution in [0.2, 0.25) is 0 Å². The number of sulfonamides is 1. The van der Waals surface area contributed by atoms with Gasteiger partial charge in [-0.3, -0.25) is 0 Å². The fourth-order valence-electron chi connectivity index (χ4n) is 1.49. The predicted molar refractivity (Wildman–Crippen MR) is 65.8 cm³/mol. The number of hydrogen-bond acceptors (Lipinski definition) is 2. The lowest BCUT2D eigenvalue weighted by molar-refractivity contribution is 0.340. The summed E-state index contributed by atoms with van der Waals surface area (Å²) >= 11 is 5.64. The molecule has 0 aliphatic carbocycles. The summed E-state index contributed by atoms with van der Waals surface area (Å²) in [6, 6.07) is 0.0718. The first-order valence-corrected chi connectivity index (χ1v) is 7.58. The van der Waals surface area contributed by atoms with E-state index >= 15 is 0 Å². The molecule has 0 aromatic carbocycles. The van der Waals surface area contributed by atoms with Crippen molar-refractivity contribution in [2.75, 3.05) is 18.2 Å². The first-order valence-electron chi connectivity index (χ1n) is 5.44. The quantitative estimate of drug-likeness (QED) is 0.655. The molecule has 0 bridgehead atoms. The Balaban J connectivity index is 4.67. The molecule has 0 spiro atoms. The molecule has 0 aliphatic rings. The number of alkyl halides is 1. The van der Waals surface area contributed by atoms with Crippen LogP contribution < -0.4 is 0 Å². The molecule has 0 aromatic rings. The highest BCUT2D eigenvalue weighted by molar-refractivity contribution is 7.89. The Morgan fingerprint density at radius 3 is 2.13 bits per heavy atom. The third-order valence-corrected chi connectivity index (χ3v) is 5.36. The highest BCUT2D eigenvalue weighted by Crippen LogP contribution is 2.13. The van der Waals surface area contributed by atoms with Gasteiger partial charge in [0, 0.05) is 18.5 Å². The highest BCUT2D eigenvalue weighted by Gasteiger charge is 2.26. The first-order chi connectivity index (χ1) is 6.88. The minimum atomic E-state index is -3.15. The van der Waals surface area contributed by atoms with Gasteiger partial charge < -0.3 is 0 Å². The topological polar surface area (TPSA) is 37.4 Å². The lowest BCUT2D eigenvalue weighted by Gasteiger charge is -2.27. The molecule has 0 heterocycles. The Morgan fingerprint density at radius 2 is 1.80 bits per heavy atom. The molecule has 92 valence electrons. The zero-order chi connectivity index (χ0) is 12.1. The molecule has 0 rings (SSSR count). The smallest absolute Gasteiger partial charge is 0.212 e. The van der Waals surface area contributed by atoms with Crippen LogP contribution in [0, 0.1) is 5.92 Å².